The maximum atomic E-state index is 12.7. The lowest BCUT2D eigenvalue weighted by Gasteiger charge is -2.33. The Morgan fingerprint density at radius 3 is 2.50 bits per heavy atom. The van der Waals surface area contributed by atoms with Crippen molar-refractivity contribution in [3.8, 4) is 0 Å². The van der Waals surface area contributed by atoms with E-state index in [1.807, 2.05) is 0 Å². The highest BCUT2D eigenvalue weighted by Crippen LogP contribution is 2.28. The number of sulfonamides is 1. The van der Waals surface area contributed by atoms with Crippen LogP contribution in [0.4, 0.5) is 19.0 Å². The minimum absolute atomic E-state index is 0.0396. The van der Waals surface area contributed by atoms with E-state index in [2.05, 4.69) is 20.2 Å². The van der Waals surface area contributed by atoms with E-state index in [1.54, 1.807) is 0 Å². The van der Waals surface area contributed by atoms with E-state index in [0.717, 1.165) is 38.3 Å². The molecule has 1 aromatic rings. The molecule has 11 heteroatoms. The largest absolute Gasteiger partial charge is 0.433 e. The highest BCUT2D eigenvalue weighted by atomic mass is 32.2. The number of rotatable bonds is 5. The lowest BCUT2D eigenvalue weighted by molar-refractivity contribution is -0.141. The number of nitrogens with one attached hydrogen (secondary N) is 1. The second-order valence-electron chi connectivity index (χ2n) is 6.62. The predicted octanol–water partition coefficient (Wildman–Crippen LogP) is 1.41. The minimum atomic E-state index is -4.49. The summed E-state index contributed by atoms with van der Waals surface area (Å²) in [6.07, 6.45) is -1.36. The molecule has 2 fully saturated rings. The fourth-order valence-electron chi connectivity index (χ4n) is 3.30. The molecule has 2 saturated heterocycles. The van der Waals surface area contributed by atoms with Gasteiger partial charge >= 0.3 is 6.18 Å². The number of hydrogen-bond donors (Lipinski definition) is 1. The van der Waals surface area contributed by atoms with Crippen molar-refractivity contribution in [3.05, 3.63) is 18.1 Å². The van der Waals surface area contributed by atoms with Crippen molar-refractivity contribution in [2.24, 2.45) is 0 Å². The summed E-state index contributed by atoms with van der Waals surface area (Å²) in [6, 6.07) is 0.961. The number of aromatic nitrogens is 2. The van der Waals surface area contributed by atoms with Gasteiger partial charge in [-0.3, -0.25) is 0 Å². The highest BCUT2D eigenvalue weighted by Gasteiger charge is 2.33. The van der Waals surface area contributed by atoms with Crippen LogP contribution in [0, 0.1) is 0 Å². The fourth-order valence-corrected chi connectivity index (χ4v) is 4.82. The summed E-state index contributed by atoms with van der Waals surface area (Å²) in [5, 5.41) is 3.04. The van der Waals surface area contributed by atoms with Crippen LogP contribution in [0.2, 0.25) is 0 Å². The SMILES string of the molecule is O=S1(=O)CCCN1CCN1CCC(Nc2cc(C(F)(F)F)ncn2)CC1. The molecule has 1 aromatic heterocycles. The van der Waals surface area contributed by atoms with Crippen LogP contribution in [0.25, 0.3) is 0 Å². The van der Waals surface area contributed by atoms with Gasteiger partial charge in [0, 0.05) is 44.8 Å². The van der Waals surface area contributed by atoms with Crippen LogP contribution in [0.3, 0.4) is 0 Å². The molecular weight excluding hydrogens is 371 g/mol. The molecule has 0 amide bonds. The Hall–Kier alpha value is -1.46. The first kappa shape index (κ1) is 19.3. The topological polar surface area (TPSA) is 78.4 Å². The number of hydrogen-bond acceptors (Lipinski definition) is 6. The number of nitrogens with zero attached hydrogens (tertiary/aromatic N) is 4. The van der Waals surface area contributed by atoms with Crippen LogP contribution in [-0.2, 0) is 16.2 Å². The number of anilines is 1. The average molecular weight is 393 g/mol. The normalized spacial score (nSPS) is 22.6. The molecule has 0 atom stereocenters. The van der Waals surface area contributed by atoms with Gasteiger partial charge in [0.05, 0.1) is 5.75 Å². The van der Waals surface area contributed by atoms with Crippen LogP contribution in [-0.4, -0.2) is 72.1 Å². The molecule has 3 rings (SSSR count). The number of halogens is 3. The molecule has 0 saturated carbocycles. The molecule has 26 heavy (non-hydrogen) atoms. The summed E-state index contributed by atoms with van der Waals surface area (Å²) in [4.78, 5) is 9.30. The van der Waals surface area contributed by atoms with E-state index in [0.29, 0.717) is 26.1 Å². The Kier molecular flexibility index (Phi) is 5.68. The van der Waals surface area contributed by atoms with Gasteiger partial charge in [-0.1, -0.05) is 0 Å². The second-order valence-corrected chi connectivity index (χ2v) is 8.70. The Morgan fingerprint density at radius 2 is 1.88 bits per heavy atom. The van der Waals surface area contributed by atoms with Gasteiger partial charge in [-0.2, -0.15) is 13.2 Å². The molecule has 146 valence electrons. The van der Waals surface area contributed by atoms with E-state index in [-0.39, 0.29) is 17.6 Å². The number of likely N-dealkylation sites (tertiary alicyclic amines) is 1. The van der Waals surface area contributed by atoms with Crippen LogP contribution >= 0.6 is 0 Å². The van der Waals surface area contributed by atoms with E-state index in [1.165, 1.54) is 4.31 Å². The molecular formula is C15H22F3N5O2S. The molecule has 3 heterocycles. The van der Waals surface area contributed by atoms with E-state index >= 15 is 0 Å². The minimum Gasteiger partial charge on any atom is -0.367 e. The lowest BCUT2D eigenvalue weighted by atomic mass is 10.1. The molecule has 0 aliphatic carbocycles. The Bertz CT molecular complexity index is 720. The van der Waals surface area contributed by atoms with Crippen molar-refractivity contribution in [2.75, 3.05) is 43.8 Å². The van der Waals surface area contributed by atoms with Crippen LogP contribution in [0.15, 0.2) is 12.4 Å². The molecule has 0 aromatic carbocycles. The summed E-state index contributed by atoms with van der Waals surface area (Å²) >= 11 is 0. The van der Waals surface area contributed by atoms with Crippen molar-refractivity contribution in [3.63, 3.8) is 0 Å². The first-order valence-electron chi connectivity index (χ1n) is 8.60. The van der Waals surface area contributed by atoms with Gasteiger partial charge in [0.25, 0.3) is 0 Å². The van der Waals surface area contributed by atoms with Crippen LogP contribution < -0.4 is 5.32 Å². The maximum absolute atomic E-state index is 12.7. The van der Waals surface area contributed by atoms with Crippen LogP contribution in [0.1, 0.15) is 25.0 Å². The first-order chi connectivity index (χ1) is 12.2. The third kappa shape index (κ3) is 4.83. The smallest absolute Gasteiger partial charge is 0.367 e. The number of piperidine rings is 1. The quantitative estimate of drug-likeness (QED) is 0.815. The molecule has 2 aliphatic heterocycles. The lowest BCUT2D eigenvalue weighted by Crippen LogP contribution is -2.43. The molecule has 0 bridgehead atoms. The summed E-state index contributed by atoms with van der Waals surface area (Å²) in [6.45, 7) is 3.31. The van der Waals surface area contributed by atoms with Gasteiger partial charge < -0.3 is 10.2 Å². The van der Waals surface area contributed by atoms with Crippen molar-refractivity contribution >= 4 is 15.8 Å². The van der Waals surface area contributed by atoms with Gasteiger partial charge in [0.1, 0.15) is 17.8 Å². The predicted molar refractivity (Wildman–Crippen MR) is 90.1 cm³/mol. The Labute approximate surface area is 150 Å². The van der Waals surface area contributed by atoms with Gasteiger partial charge in [0.15, 0.2) is 0 Å². The molecule has 0 radical (unpaired) electrons. The van der Waals surface area contributed by atoms with Crippen molar-refractivity contribution in [1.29, 1.82) is 0 Å². The Balaban J connectivity index is 1.45. The third-order valence-electron chi connectivity index (χ3n) is 4.77. The summed E-state index contributed by atoms with van der Waals surface area (Å²) in [7, 11) is -3.07. The van der Waals surface area contributed by atoms with Gasteiger partial charge in [-0.25, -0.2) is 22.7 Å². The van der Waals surface area contributed by atoms with E-state index in [9.17, 15) is 21.6 Å². The molecule has 0 unspecified atom stereocenters. The maximum Gasteiger partial charge on any atom is 0.433 e. The monoisotopic (exact) mass is 393 g/mol. The van der Waals surface area contributed by atoms with Gasteiger partial charge in [-0.15, -0.1) is 0 Å². The van der Waals surface area contributed by atoms with Crippen LogP contribution in [0.5, 0.6) is 0 Å². The zero-order chi connectivity index (χ0) is 18.8. The molecule has 2 aliphatic rings. The third-order valence-corrected chi connectivity index (χ3v) is 6.72. The van der Waals surface area contributed by atoms with E-state index < -0.39 is 21.9 Å². The second kappa shape index (κ2) is 7.65. The molecule has 0 spiro atoms. The van der Waals surface area contributed by atoms with Crippen molar-refractivity contribution in [2.45, 2.75) is 31.5 Å². The summed E-state index contributed by atoms with van der Waals surface area (Å²) < 4.78 is 63.2. The van der Waals surface area contributed by atoms with Gasteiger partial charge in [-0.05, 0) is 19.3 Å². The molecule has 7 nitrogen and oxygen atoms in total. The zero-order valence-corrected chi connectivity index (χ0v) is 15.1. The van der Waals surface area contributed by atoms with E-state index in [4.69, 9.17) is 0 Å². The first-order valence-corrected chi connectivity index (χ1v) is 10.2. The summed E-state index contributed by atoms with van der Waals surface area (Å²) in [5.74, 6) is 0.409. The van der Waals surface area contributed by atoms with Crippen molar-refractivity contribution < 1.29 is 21.6 Å². The molecule has 1 N–H and O–H groups in total. The highest BCUT2D eigenvalue weighted by molar-refractivity contribution is 7.89. The zero-order valence-electron chi connectivity index (χ0n) is 14.2. The Morgan fingerprint density at radius 1 is 1.15 bits per heavy atom. The average Bonchev–Trinajstić information content (AvgIpc) is 2.92. The number of alkyl halides is 3. The van der Waals surface area contributed by atoms with Crippen molar-refractivity contribution in [1.82, 2.24) is 19.2 Å². The summed E-state index contributed by atoms with van der Waals surface area (Å²) in [5.41, 5.74) is -0.959. The fraction of sp³-hybridized carbons (Fsp3) is 0.733. The van der Waals surface area contributed by atoms with Gasteiger partial charge in [0.2, 0.25) is 10.0 Å². The standard InChI is InChI=1S/C15H22F3N5O2S/c16-15(17,18)13-10-14(20-11-19-13)21-12-2-5-22(6-3-12)7-8-23-4-1-9-26(23,24)25/h10-12H,1-9H2,(H,19,20,21).